The second-order valence-corrected chi connectivity index (χ2v) is 7.00. The van der Waals surface area contributed by atoms with Crippen LogP contribution in [-0.4, -0.2) is 6.61 Å². The van der Waals surface area contributed by atoms with Crippen LogP contribution in [0.25, 0.3) is 10.8 Å². The average molecular weight is 356 g/mol. The molecular formula is C23H26F2O. The van der Waals surface area contributed by atoms with Crippen LogP contribution in [0.2, 0.25) is 0 Å². The van der Waals surface area contributed by atoms with Crippen LogP contribution in [0.4, 0.5) is 8.78 Å². The highest BCUT2D eigenvalue weighted by molar-refractivity contribution is 5.85. The molecule has 1 fully saturated rings. The van der Waals surface area contributed by atoms with E-state index in [1.807, 2.05) is 25.1 Å². The molecule has 0 radical (unpaired) electrons. The van der Waals surface area contributed by atoms with Crippen LogP contribution in [0, 0.1) is 17.6 Å². The summed E-state index contributed by atoms with van der Waals surface area (Å²) in [4.78, 5) is 0. The zero-order chi connectivity index (χ0) is 18.5. The molecule has 0 unspecified atom stereocenters. The Balaban J connectivity index is 1.85. The molecule has 2 aromatic rings. The molecule has 0 atom stereocenters. The van der Waals surface area contributed by atoms with Gasteiger partial charge in [0.2, 0.25) is 5.82 Å². The molecule has 1 saturated carbocycles. The highest BCUT2D eigenvalue weighted by atomic mass is 19.2. The number of hydrogen-bond donors (Lipinski definition) is 0. The summed E-state index contributed by atoms with van der Waals surface area (Å²) in [7, 11) is 0. The predicted octanol–water partition coefficient (Wildman–Crippen LogP) is 6.92. The average Bonchev–Trinajstić information content (AvgIpc) is 2.66. The lowest BCUT2D eigenvalue weighted by molar-refractivity contribution is 0.334. The van der Waals surface area contributed by atoms with Gasteiger partial charge in [0.25, 0.3) is 0 Å². The SMILES string of the molecule is C/C=C/COc1cc2ccc(C3CCC(/C=C/C)CC3)cc2c(F)c1F. The molecule has 0 N–H and O–H groups in total. The van der Waals surface area contributed by atoms with Crippen molar-refractivity contribution in [1.29, 1.82) is 0 Å². The Morgan fingerprint density at radius 2 is 1.77 bits per heavy atom. The van der Waals surface area contributed by atoms with Gasteiger partial charge in [0.1, 0.15) is 6.61 Å². The number of hydrogen-bond acceptors (Lipinski definition) is 1. The zero-order valence-electron chi connectivity index (χ0n) is 15.5. The largest absolute Gasteiger partial charge is 0.486 e. The molecule has 138 valence electrons. The van der Waals surface area contributed by atoms with E-state index in [4.69, 9.17) is 4.74 Å². The number of halogens is 2. The van der Waals surface area contributed by atoms with E-state index < -0.39 is 11.6 Å². The second kappa shape index (κ2) is 8.48. The van der Waals surface area contributed by atoms with Gasteiger partial charge in [-0.3, -0.25) is 0 Å². The van der Waals surface area contributed by atoms with Gasteiger partial charge in [0.15, 0.2) is 11.6 Å². The Labute approximate surface area is 154 Å². The van der Waals surface area contributed by atoms with Crippen molar-refractivity contribution in [2.75, 3.05) is 6.61 Å². The van der Waals surface area contributed by atoms with Crippen molar-refractivity contribution < 1.29 is 13.5 Å². The van der Waals surface area contributed by atoms with E-state index in [1.54, 1.807) is 12.1 Å². The zero-order valence-corrected chi connectivity index (χ0v) is 15.5. The molecule has 3 rings (SSSR count). The molecule has 0 aliphatic heterocycles. The first-order chi connectivity index (χ1) is 12.6. The smallest absolute Gasteiger partial charge is 0.201 e. The Hall–Kier alpha value is -2.16. The molecule has 0 bridgehead atoms. The number of fused-ring (bicyclic) bond motifs is 1. The summed E-state index contributed by atoms with van der Waals surface area (Å²) in [6.07, 6.45) is 12.5. The van der Waals surface area contributed by atoms with Crippen LogP contribution < -0.4 is 4.74 Å². The minimum atomic E-state index is -0.907. The maximum atomic E-state index is 14.6. The van der Waals surface area contributed by atoms with Gasteiger partial charge < -0.3 is 4.74 Å². The normalized spacial score (nSPS) is 21.1. The highest BCUT2D eigenvalue weighted by Crippen LogP contribution is 2.38. The van der Waals surface area contributed by atoms with Gasteiger partial charge in [0.05, 0.1) is 0 Å². The fourth-order valence-electron chi connectivity index (χ4n) is 3.83. The Bertz CT molecular complexity index is 815. The quantitative estimate of drug-likeness (QED) is 0.528. The Morgan fingerprint density at radius 1 is 1.00 bits per heavy atom. The molecule has 0 amide bonds. The van der Waals surface area contributed by atoms with Crippen molar-refractivity contribution in [1.82, 2.24) is 0 Å². The van der Waals surface area contributed by atoms with Crippen molar-refractivity contribution >= 4 is 10.8 Å². The van der Waals surface area contributed by atoms with E-state index in [2.05, 4.69) is 25.1 Å². The number of ether oxygens (including phenoxy) is 1. The molecule has 0 saturated heterocycles. The number of allylic oxidation sites excluding steroid dienone is 3. The fourth-order valence-corrected chi connectivity index (χ4v) is 3.83. The van der Waals surface area contributed by atoms with Crippen LogP contribution >= 0.6 is 0 Å². The molecule has 1 aliphatic carbocycles. The van der Waals surface area contributed by atoms with Gasteiger partial charge in [-0.15, -0.1) is 0 Å². The summed E-state index contributed by atoms with van der Waals surface area (Å²) >= 11 is 0. The van der Waals surface area contributed by atoms with Gasteiger partial charge in [-0.25, -0.2) is 4.39 Å². The minimum Gasteiger partial charge on any atom is -0.486 e. The van der Waals surface area contributed by atoms with E-state index >= 15 is 0 Å². The van der Waals surface area contributed by atoms with Crippen molar-refractivity contribution in [2.24, 2.45) is 5.92 Å². The van der Waals surface area contributed by atoms with Crippen LogP contribution in [0.5, 0.6) is 5.75 Å². The lowest BCUT2D eigenvalue weighted by Crippen LogP contribution is -2.11. The first-order valence-corrected chi connectivity index (χ1v) is 9.42. The summed E-state index contributed by atoms with van der Waals surface area (Å²) in [6, 6.07) is 7.35. The summed E-state index contributed by atoms with van der Waals surface area (Å²) < 4.78 is 34.3. The van der Waals surface area contributed by atoms with Gasteiger partial charge in [-0.1, -0.05) is 36.4 Å². The molecule has 0 aromatic heterocycles. The van der Waals surface area contributed by atoms with Gasteiger partial charge in [0, 0.05) is 5.39 Å². The molecule has 0 spiro atoms. The van der Waals surface area contributed by atoms with Crippen molar-refractivity contribution in [2.45, 2.75) is 45.4 Å². The summed E-state index contributed by atoms with van der Waals surface area (Å²) in [5, 5.41) is 1.01. The van der Waals surface area contributed by atoms with E-state index in [0.717, 1.165) is 31.2 Å². The molecule has 3 heteroatoms. The Kier molecular flexibility index (Phi) is 6.08. The van der Waals surface area contributed by atoms with Gasteiger partial charge in [-0.2, -0.15) is 4.39 Å². The third-order valence-electron chi connectivity index (χ3n) is 5.29. The van der Waals surface area contributed by atoms with Crippen molar-refractivity contribution in [3.05, 3.63) is 65.8 Å². The van der Waals surface area contributed by atoms with Gasteiger partial charge >= 0.3 is 0 Å². The van der Waals surface area contributed by atoms with Gasteiger partial charge in [-0.05, 0) is 74.4 Å². The first-order valence-electron chi connectivity index (χ1n) is 9.42. The number of benzene rings is 2. The van der Waals surface area contributed by atoms with Crippen molar-refractivity contribution in [3.8, 4) is 5.75 Å². The standard InChI is InChI=1S/C23H26F2O/c1-3-5-13-26-21-15-19-12-11-18(14-20(19)22(24)23(21)25)17-9-7-16(6-4-2)8-10-17/h3-6,11-12,14-17H,7-10,13H2,1-2H3/b5-3+,6-4+. The third-order valence-corrected chi connectivity index (χ3v) is 5.29. The summed E-state index contributed by atoms with van der Waals surface area (Å²) in [5.74, 6) is -0.678. The van der Waals surface area contributed by atoms with Crippen molar-refractivity contribution in [3.63, 3.8) is 0 Å². The lowest BCUT2D eigenvalue weighted by Gasteiger charge is -2.27. The lowest BCUT2D eigenvalue weighted by atomic mass is 9.78. The minimum absolute atomic E-state index is 0.0345. The fraction of sp³-hybridized carbons (Fsp3) is 0.391. The molecule has 2 aromatic carbocycles. The maximum absolute atomic E-state index is 14.6. The van der Waals surface area contributed by atoms with E-state index in [-0.39, 0.29) is 12.4 Å². The predicted molar refractivity (Wildman–Crippen MR) is 104 cm³/mol. The summed E-state index contributed by atoms with van der Waals surface area (Å²) in [5.41, 5.74) is 1.11. The van der Waals surface area contributed by atoms with Crippen LogP contribution in [0.3, 0.4) is 0 Å². The second-order valence-electron chi connectivity index (χ2n) is 7.00. The number of rotatable bonds is 5. The monoisotopic (exact) mass is 356 g/mol. The van der Waals surface area contributed by atoms with E-state index in [1.165, 1.54) is 0 Å². The molecule has 1 nitrogen and oxygen atoms in total. The first kappa shape index (κ1) is 18.6. The molecule has 1 aliphatic rings. The van der Waals surface area contributed by atoms with E-state index in [9.17, 15) is 8.78 Å². The third kappa shape index (κ3) is 3.98. The van der Waals surface area contributed by atoms with Crippen LogP contribution in [-0.2, 0) is 0 Å². The molecular weight excluding hydrogens is 330 g/mol. The molecule has 26 heavy (non-hydrogen) atoms. The van der Waals surface area contributed by atoms with Crippen LogP contribution in [0.1, 0.15) is 51.0 Å². The highest BCUT2D eigenvalue weighted by Gasteiger charge is 2.22. The Morgan fingerprint density at radius 3 is 2.46 bits per heavy atom. The van der Waals surface area contributed by atoms with E-state index in [0.29, 0.717) is 22.6 Å². The summed E-state index contributed by atoms with van der Waals surface area (Å²) in [6.45, 7) is 4.14. The van der Waals surface area contributed by atoms with Crippen LogP contribution in [0.15, 0.2) is 48.6 Å². The molecule has 0 heterocycles. The topological polar surface area (TPSA) is 9.23 Å². The maximum Gasteiger partial charge on any atom is 0.201 e.